The highest BCUT2D eigenvalue weighted by Gasteiger charge is 2.36. The average Bonchev–Trinajstić information content (AvgIpc) is 2.52. The molecule has 0 spiro atoms. The Labute approximate surface area is 90.9 Å². The minimum Gasteiger partial charge on any atom is -0.385 e. The molecular weight excluding hydrogens is 228 g/mol. The van der Waals surface area contributed by atoms with E-state index in [1.165, 1.54) is 11.0 Å². The van der Waals surface area contributed by atoms with Gasteiger partial charge in [-0.05, 0) is 18.0 Å². The van der Waals surface area contributed by atoms with Crippen LogP contribution in [0.25, 0.3) is 0 Å². The molecule has 0 radical (unpaired) electrons. The number of aliphatic hydroxyl groups excluding tert-OH is 1. The molecule has 1 N–H and O–H groups in total. The zero-order valence-corrected chi connectivity index (χ0v) is 8.95. The summed E-state index contributed by atoms with van der Waals surface area (Å²) in [4.78, 5) is 3.79. The Kier molecular flexibility index (Phi) is 3.98. The molecular formula is C8H12ClF2N3O. The van der Waals surface area contributed by atoms with Crippen LogP contribution in [0.2, 0.25) is 0 Å². The number of hydrogen-bond donors (Lipinski definition) is 1. The summed E-state index contributed by atoms with van der Waals surface area (Å²) < 4.78 is 26.4. The molecule has 86 valence electrons. The number of aliphatic hydroxyl groups is 1. The highest BCUT2D eigenvalue weighted by Crippen LogP contribution is 2.25. The third kappa shape index (κ3) is 3.39. The molecule has 1 aromatic rings. The second kappa shape index (κ2) is 4.85. The second-order valence-corrected chi connectivity index (χ2v) is 3.66. The lowest BCUT2D eigenvalue weighted by Gasteiger charge is -2.15. The van der Waals surface area contributed by atoms with Gasteiger partial charge < -0.3 is 5.11 Å². The fourth-order valence-electron chi connectivity index (χ4n) is 1.13. The van der Waals surface area contributed by atoms with Crippen LogP contribution in [0, 0.1) is 0 Å². The topological polar surface area (TPSA) is 50.9 Å². The largest absolute Gasteiger partial charge is 0.385 e. The summed E-state index contributed by atoms with van der Waals surface area (Å²) in [5.74, 6) is 0.310. The van der Waals surface area contributed by atoms with Crippen LogP contribution >= 0.6 is 11.6 Å². The van der Waals surface area contributed by atoms with Crippen molar-refractivity contribution in [3.63, 3.8) is 0 Å². The van der Waals surface area contributed by atoms with Gasteiger partial charge in [0.15, 0.2) is 0 Å². The molecule has 1 atom stereocenters. The van der Waals surface area contributed by atoms with Crippen LogP contribution in [0.1, 0.15) is 19.2 Å². The summed E-state index contributed by atoms with van der Waals surface area (Å²) in [5, 5.41) is 9.30. The van der Waals surface area contributed by atoms with Crippen LogP contribution in [0.3, 0.4) is 0 Å². The number of aromatic nitrogens is 3. The van der Waals surface area contributed by atoms with Gasteiger partial charge in [0.05, 0.1) is 0 Å². The predicted octanol–water partition coefficient (Wildman–Crippen LogP) is 1.42. The van der Waals surface area contributed by atoms with Crippen LogP contribution < -0.4 is 0 Å². The zero-order chi connectivity index (χ0) is 11.5. The van der Waals surface area contributed by atoms with Gasteiger partial charge in [-0.15, -0.1) is 0 Å². The van der Waals surface area contributed by atoms with E-state index in [9.17, 15) is 8.78 Å². The minimum absolute atomic E-state index is 0.309. The quantitative estimate of drug-likeness (QED) is 0.791. The Morgan fingerprint density at radius 3 is 2.87 bits per heavy atom. The van der Waals surface area contributed by atoms with E-state index in [4.69, 9.17) is 5.11 Å². The predicted molar refractivity (Wildman–Crippen MR) is 50.8 cm³/mol. The molecule has 0 aliphatic heterocycles. The first kappa shape index (κ1) is 12.3. The molecule has 0 bridgehead atoms. The smallest absolute Gasteiger partial charge is 0.347 e. The van der Waals surface area contributed by atoms with E-state index >= 15 is 0 Å². The van der Waals surface area contributed by atoms with Crippen LogP contribution in [0.5, 0.6) is 0 Å². The van der Waals surface area contributed by atoms with Crippen molar-refractivity contribution in [1.29, 1.82) is 0 Å². The van der Waals surface area contributed by atoms with E-state index in [1.54, 1.807) is 0 Å². The molecule has 0 saturated heterocycles. The number of aryl methyl sites for hydroxylation is 1. The maximum atomic E-state index is 12.5. The van der Waals surface area contributed by atoms with Crippen LogP contribution in [0.15, 0.2) is 6.33 Å². The van der Waals surface area contributed by atoms with Crippen molar-refractivity contribution >= 4 is 11.6 Å². The molecule has 1 aromatic heterocycles. The molecule has 4 nitrogen and oxygen atoms in total. The first-order valence-electron chi connectivity index (χ1n) is 4.56. The Hall–Kier alpha value is -0.750. The average molecular weight is 240 g/mol. The van der Waals surface area contributed by atoms with Gasteiger partial charge >= 0.3 is 5.38 Å². The van der Waals surface area contributed by atoms with Crippen molar-refractivity contribution in [3.8, 4) is 0 Å². The van der Waals surface area contributed by atoms with Crippen molar-refractivity contribution in [1.82, 2.24) is 14.8 Å². The zero-order valence-electron chi connectivity index (χ0n) is 8.20. The Bertz CT molecular complexity index is 313. The van der Waals surface area contributed by atoms with E-state index < -0.39 is 11.5 Å². The number of halogens is 3. The summed E-state index contributed by atoms with van der Waals surface area (Å²) >= 11 is 4.69. The number of rotatable bonds is 5. The van der Waals surface area contributed by atoms with Gasteiger partial charge in [-0.3, -0.25) is 4.68 Å². The van der Waals surface area contributed by atoms with Gasteiger partial charge in [0, 0.05) is 13.0 Å². The van der Waals surface area contributed by atoms with Gasteiger partial charge in [0.2, 0.25) is 0 Å². The van der Waals surface area contributed by atoms with E-state index in [1.807, 2.05) is 6.92 Å². The molecule has 0 saturated carbocycles. The molecule has 0 aliphatic carbocycles. The fourth-order valence-corrected chi connectivity index (χ4v) is 1.21. The van der Waals surface area contributed by atoms with Crippen LogP contribution in [-0.4, -0.2) is 31.4 Å². The van der Waals surface area contributed by atoms with Gasteiger partial charge in [0.1, 0.15) is 18.3 Å². The van der Waals surface area contributed by atoms with E-state index in [0.29, 0.717) is 12.4 Å². The van der Waals surface area contributed by atoms with Crippen molar-refractivity contribution in [2.24, 2.45) is 0 Å². The van der Waals surface area contributed by atoms with Crippen LogP contribution in [-0.2, 0) is 13.0 Å². The lowest BCUT2D eigenvalue weighted by molar-refractivity contribution is -0.0411. The van der Waals surface area contributed by atoms with E-state index in [0.717, 1.165) is 6.42 Å². The molecule has 0 aliphatic rings. The number of hydrogen-bond acceptors (Lipinski definition) is 3. The first-order valence-corrected chi connectivity index (χ1v) is 4.94. The summed E-state index contributed by atoms with van der Waals surface area (Å²) in [6, 6.07) is 0. The third-order valence-corrected chi connectivity index (χ3v) is 2.14. The van der Waals surface area contributed by atoms with Crippen molar-refractivity contribution in [2.45, 2.75) is 37.8 Å². The van der Waals surface area contributed by atoms with Gasteiger partial charge in [-0.25, -0.2) is 4.98 Å². The van der Waals surface area contributed by atoms with E-state index in [2.05, 4.69) is 21.7 Å². The lowest BCUT2D eigenvalue weighted by atomic mass is 10.2. The van der Waals surface area contributed by atoms with Crippen molar-refractivity contribution in [2.75, 3.05) is 0 Å². The summed E-state index contributed by atoms with van der Waals surface area (Å²) in [6.45, 7) is 2.51. The molecule has 0 fully saturated rings. The van der Waals surface area contributed by atoms with Gasteiger partial charge in [0.25, 0.3) is 0 Å². The maximum absolute atomic E-state index is 12.5. The highest BCUT2D eigenvalue weighted by molar-refractivity contribution is 6.22. The maximum Gasteiger partial charge on any atom is 0.347 e. The van der Waals surface area contributed by atoms with Gasteiger partial charge in [-0.1, -0.05) is 6.92 Å². The molecule has 15 heavy (non-hydrogen) atoms. The first-order chi connectivity index (χ1) is 6.95. The van der Waals surface area contributed by atoms with Crippen molar-refractivity contribution < 1.29 is 13.9 Å². The second-order valence-electron chi connectivity index (χ2n) is 3.16. The molecule has 0 aromatic carbocycles. The molecule has 1 heterocycles. The summed E-state index contributed by atoms with van der Waals surface area (Å²) in [7, 11) is 0. The number of alkyl halides is 3. The van der Waals surface area contributed by atoms with Crippen molar-refractivity contribution in [3.05, 3.63) is 12.2 Å². The SMILES string of the molecule is CCCn1ncnc1CC(O)C(F)(F)Cl. The molecule has 7 heteroatoms. The summed E-state index contributed by atoms with van der Waals surface area (Å²) in [6.07, 6.45) is -0.177. The molecule has 1 rings (SSSR count). The Balaban J connectivity index is 2.68. The Morgan fingerprint density at radius 1 is 1.67 bits per heavy atom. The molecule has 0 amide bonds. The van der Waals surface area contributed by atoms with Crippen LogP contribution in [0.4, 0.5) is 8.78 Å². The highest BCUT2D eigenvalue weighted by atomic mass is 35.5. The monoisotopic (exact) mass is 239 g/mol. The normalized spacial score (nSPS) is 14.2. The minimum atomic E-state index is -3.64. The lowest BCUT2D eigenvalue weighted by Crippen LogP contribution is -2.30. The number of nitrogens with zero attached hydrogens (tertiary/aromatic N) is 3. The Morgan fingerprint density at radius 2 is 2.33 bits per heavy atom. The third-order valence-electron chi connectivity index (χ3n) is 1.88. The summed E-state index contributed by atoms with van der Waals surface area (Å²) in [5.41, 5.74) is 0. The van der Waals surface area contributed by atoms with E-state index in [-0.39, 0.29) is 6.42 Å². The molecule has 1 unspecified atom stereocenters. The fraction of sp³-hybridized carbons (Fsp3) is 0.750. The standard InChI is InChI=1S/C8H12ClF2N3O/c1-2-3-14-7(12-5-13-14)4-6(15)8(9,10)11/h5-6,15H,2-4H2,1H3. The van der Waals surface area contributed by atoms with Gasteiger partial charge in [-0.2, -0.15) is 13.9 Å².